The zero-order valence-electron chi connectivity index (χ0n) is 14.7. The van der Waals surface area contributed by atoms with Gasteiger partial charge in [0.2, 0.25) is 0 Å². The van der Waals surface area contributed by atoms with Gasteiger partial charge in [-0.15, -0.1) is 0 Å². The van der Waals surface area contributed by atoms with Crippen LogP contribution in [0.1, 0.15) is 45.7 Å². The van der Waals surface area contributed by atoms with Crippen molar-refractivity contribution < 1.29 is 13.2 Å². The largest absolute Gasteiger partial charge is 0.433 e. The lowest BCUT2D eigenvalue weighted by molar-refractivity contribution is -0.141. The van der Waals surface area contributed by atoms with Crippen LogP contribution in [-0.2, 0) is 6.18 Å². The molecule has 24 heavy (non-hydrogen) atoms. The van der Waals surface area contributed by atoms with Gasteiger partial charge in [0.1, 0.15) is 5.69 Å². The van der Waals surface area contributed by atoms with Crippen LogP contribution in [0.2, 0.25) is 0 Å². The van der Waals surface area contributed by atoms with Crippen molar-refractivity contribution in [2.75, 3.05) is 31.1 Å². The van der Waals surface area contributed by atoms with Crippen LogP contribution in [0.5, 0.6) is 0 Å². The fourth-order valence-corrected chi connectivity index (χ4v) is 3.93. The summed E-state index contributed by atoms with van der Waals surface area (Å²) in [6.07, 6.45) is 0.167. The van der Waals surface area contributed by atoms with Crippen molar-refractivity contribution in [3.63, 3.8) is 0 Å². The molecule has 6 heteroatoms. The Hall–Kier alpha value is -1.30. The van der Waals surface area contributed by atoms with Crippen LogP contribution in [-0.4, -0.2) is 41.6 Å². The van der Waals surface area contributed by atoms with E-state index >= 15 is 0 Å². The topological polar surface area (TPSA) is 19.4 Å². The van der Waals surface area contributed by atoms with E-state index in [1.54, 1.807) is 6.07 Å². The second kappa shape index (κ2) is 5.90. The van der Waals surface area contributed by atoms with Gasteiger partial charge in [-0.3, -0.25) is 9.88 Å². The highest BCUT2D eigenvalue weighted by Gasteiger charge is 2.43. The number of nitrogens with zero attached hydrogens (tertiary/aromatic N) is 3. The smallest absolute Gasteiger partial charge is 0.371 e. The third-order valence-electron chi connectivity index (χ3n) is 5.61. The maximum atomic E-state index is 12.8. The lowest BCUT2D eigenvalue weighted by Gasteiger charge is -2.42. The zero-order valence-corrected chi connectivity index (χ0v) is 14.7. The number of anilines is 1. The Balaban J connectivity index is 1.66. The summed E-state index contributed by atoms with van der Waals surface area (Å²) in [6.45, 7) is 10.6. The molecule has 3 heterocycles. The molecule has 0 aromatic carbocycles. The molecule has 134 valence electrons. The molecule has 2 saturated heterocycles. The number of likely N-dealkylation sites (tertiary alicyclic amines) is 1. The molecule has 0 radical (unpaired) electrons. The van der Waals surface area contributed by atoms with Gasteiger partial charge < -0.3 is 4.90 Å². The van der Waals surface area contributed by atoms with E-state index in [0.717, 1.165) is 39.0 Å². The lowest BCUT2D eigenvalue weighted by atomic mass is 9.77. The SMILES string of the molecule is CC(C)(C)N1CCC2(CCN(c3ccnc(C(F)(F)F)c3)CC2)C1. The number of alkyl halides is 3. The van der Waals surface area contributed by atoms with E-state index < -0.39 is 11.9 Å². The molecule has 1 spiro atoms. The maximum absolute atomic E-state index is 12.8. The highest BCUT2D eigenvalue weighted by molar-refractivity contribution is 5.47. The Morgan fingerprint density at radius 1 is 1.04 bits per heavy atom. The highest BCUT2D eigenvalue weighted by atomic mass is 19.4. The average Bonchev–Trinajstić information content (AvgIpc) is 2.91. The van der Waals surface area contributed by atoms with Gasteiger partial charge in [-0.1, -0.05) is 0 Å². The van der Waals surface area contributed by atoms with Gasteiger partial charge in [-0.25, -0.2) is 0 Å². The third kappa shape index (κ3) is 3.53. The van der Waals surface area contributed by atoms with Crippen LogP contribution < -0.4 is 4.90 Å². The number of hydrogen-bond donors (Lipinski definition) is 0. The monoisotopic (exact) mass is 341 g/mol. The Morgan fingerprint density at radius 3 is 2.21 bits per heavy atom. The number of piperidine rings is 1. The Labute approximate surface area is 141 Å². The first kappa shape index (κ1) is 17.5. The van der Waals surface area contributed by atoms with Crippen LogP contribution in [0.3, 0.4) is 0 Å². The maximum Gasteiger partial charge on any atom is 0.433 e. The van der Waals surface area contributed by atoms with Crippen LogP contribution in [0.15, 0.2) is 18.3 Å². The van der Waals surface area contributed by atoms with E-state index in [4.69, 9.17) is 0 Å². The minimum atomic E-state index is -4.38. The van der Waals surface area contributed by atoms with Crippen molar-refractivity contribution >= 4 is 5.69 Å². The lowest BCUT2D eigenvalue weighted by Crippen LogP contribution is -2.45. The zero-order chi connectivity index (χ0) is 17.6. The first-order chi connectivity index (χ1) is 11.1. The standard InChI is InChI=1S/C18H26F3N3/c1-16(2,3)24-11-7-17(13-24)5-9-23(10-6-17)14-4-8-22-15(12-14)18(19,20)21/h4,8,12H,5-7,9-11,13H2,1-3H3. The minimum absolute atomic E-state index is 0.188. The third-order valence-corrected chi connectivity index (χ3v) is 5.61. The Kier molecular flexibility index (Phi) is 4.31. The summed E-state index contributed by atoms with van der Waals surface area (Å²) >= 11 is 0. The van der Waals surface area contributed by atoms with Crippen molar-refractivity contribution in [3.05, 3.63) is 24.0 Å². The predicted octanol–water partition coefficient (Wildman–Crippen LogP) is 4.19. The normalized spacial score (nSPS) is 22.3. The van der Waals surface area contributed by atoms with Crippen LogP contribution in [0.4, 0.5) is 18.9 Å². The summed E-state index contributed by atoms with van der Waals surface area (Å²) < 4.78 is 38.5. The number of pyridine rings is 1. The number of rotatable bonds is 1. The van der Waals surface area contributed by atoms with Crippen molar-refractivity contribution in [1.82, 2.24) is 9.88 Å². The molecular weight excluding hydrogens is 315 g/mol. The van der Waals surface area contributed by atoms with Crippen LogP contribution in [0.25, 0.3) is 0 Å². The fourth-order valence-electron chi connectivity index (χ4n) is 3.93. The fraction of sp³-hybridized carbons (Fsp3) is 0.722. The van der Waals surface area contributed by atoms with Gasteiger partial charge in [-0.2, -0.15) is 13.2 Å². The Morgan fingerprint density at radius 2 is 1.67 bits per heavy atom. The molecule has 2 aliphatic heterocycles. The molecule has 2 aliphatic rings. The molecule has 0 amide bonds. The van der Waals surface area contributed by atoms with E-state index in [1.165, 1.54) is 18.7 Å². The molecule has 3 rings (SSSR count). The van der Waals surface area contributed by atoms with E-state index in [2.05, 4.69) is 35.6 Å². The average molecular weight is 341 g/mol. The number of hydrogen-bond acceptors (Lipinski definition) is 3. The molecule has 0 aliphatic carbocycles. The molecule has 3 nitrogen and oxygen atoms in total. The van der Waals surface area contributed by atoms with Crippen molar-refractivity contribution in [1.29, 1.82) is 0 Å². The molecule has 0 saturated carbocycles. The van der Waals surface area contributed by atoms with E-state index in [9.17, 15) is 13.2 Å². The van der Waals surface area contributed by atoms with Gasteiger partial charge in [0.25, 0.3) is 0 Å². The molecule has 1 aromatic heterocycles. The second-order valence-electron chi connectivity index (χ2n) is 8.23. The van der Waals surface area contributed by atoms with Gasteiger partial charge in [0.05, 0.1) is 0 Å². The van der Waals surface area contributed by atoms with Gasteiger partial charge in [0.15, 0.2) is 0 Å². The van der Waals surface area contributed by atoms with Gasteiger partial charge >= 0.3 is 6.18 Å². The van der Waals surface area contributed by atoms with E-state index in [1.807, 2.05) is 0 Å². The molecule has 0 N–H and O–H groups in total. The van der Waals surface area contributed by atoms with E-state index in [-0.39, 0.29) is 5.54 Å². The number of halogens is 3. The summed E-state index contributed by atoms with van der Waals surface area (Å²) in [5.41, 5.74) is 0.356. The quantitative estimate of drug-likeness (QED) is 0.763. The van der Waals surface area contributed by atoms with E-state index in [0.29, 0.717) is 11.1 Å². The number of aromatic nitrogens is 1. The molecular formula is C18H26F3N3. The van der Waals surface area contributed by atoms with Crippen molar-refractivity contribution in [2.24, 2.45) is 5.41 Å². The van der Waals surface area contributed by atoms with Crippen molar-refractivity contribution in [2.45, 2.75) is 51.7 Å². The first-order valence-electron chi connectivity index (χ1n) is 8.62. The molecule has 0 atom stereocenters. The summed E-state index contributed by atoms with van der Waals surface area (Å²) in [4.78, 5) is 8.06. The highest BCUT2D eigenvalue weighted by Crippen LogP contribution is 2.43. The summed E-state index contributed by atoms with van der Waals surface area (Å²) in [6, 6.07) is 2.86. The van der Waals surface area contributed by atoms with Gasteiger partial charge in [0, 0.05) is 37.1 Å². The minimum Gasteiger partial charge on any atom is -0.371 e. The molecule has 1 aromatic rings. The summed E-state index contributed by atoms with van der Waals surface area (Å²) in [5.74, 6) is 0. The first-order valence-corrected chi connectivity index (χ1v) is 8.62. The molecule has 0 bridgehead atoms. The molecule has 0 unspecified atom stereocenters. The van der Waals surface area contributed by atoms with Crippen LogP contribution in [0, 0.1) is 5.41 Å². The Bertz CT molecular complexity index is 584. The molecule has 2 fully saturated rings. The second-order valence-corrected chi connectivity index (χ2v) is 8.23. The predicted molar refractivity (Wildman–Crippen MR) is 89.1 cm³/mol. The van der Waals surface area contributed by atoms with Crippen LogP contribution >= 0.6 is 0 Å². The summed E-state index contributed by atoms with van der Waals surface area (Å²) in [7, 11) is 0. The van der Waals surface area contributed by atoms with Gasteiger partial charge in [-0.05, 0) is 64.1 Å². The summed E-state index contributed by atoms with van der Waals surface area (Å²) in [5, 5.41) is 0. The van der Waals surface area contributed by atoms with Crippen molar-refractivity contribution in [3.8, 4) is 0 Å².